The van der Waals surface area contributed by atoms with Crippen LogP contribution in [0.4, 0.5) is 13.2 Å². The van der Waals surface area contributed by atoms with Crippen LogP contribution in [0.2, 0.25) is 0 Å². The maximum absolute atomic E-state index is 13.3. The van der Waals surface area contributed by atoms with Crippen LogP contribution in [-0.2, 0) is 13.1 Å². The van der Waals surface area contributed by atoms with Crippen LogP contribution in [-0.4, -0.2) is 70.8 Å². The normalized spacial score (nSPS) is 16.8. The number of rotatable bonds is 4. The average molecular weight is 407 g/mol. The highest BCUT2D eigenvalue weighted by atomic mass is 19.4. The number of hydrogen-bond donors (Lipinski definition) is 0. The fourth-order valence-corrected chi connectivity index (χ4v) is 3.95. The largest absolute Gasteiger partial charge is 0.479 e. The summed E-state index contributed by atoms with van der Waals surface area (Å²) < 4.78 is 46.4. The summed E-state index contributed by atoms with van der Waals surface area (Å²) in [6.45, 7) is 5.32. The highest BCUT2D eigenvalue weighted by molar-refractivity contribution is 6.07. The molecule has 0 spiro atoms. The summed E-state index contributed by atoms with van der Waals surface area (Å²) in [5, 5.41) is 0.694. The first-order valence-electron chi connectivity index (χ1n) is 9.56. The predicted molar refractivity (Wildman–Crippen MR) is 105 cm³/mol. The van der Waals surface area contributed by atoms with Gasteiger partial charge in [0.1, 0.15) is 23.4 Å². The van der Waals surface area contributed by atoms with E-state index in [2.05, 4.69) is 26.8 Å². The summed E-state index contributed by atoms with van der Waals surface area (Å²) in [5.41, 5.74) is 2.32. The molecule has 0 N–H and O–H groups in total. The van der Waals surface area contributed by atoms with Gasteiger partial charge in [-0.3, -0.25) is 4.90 Å². The highest BCUT2D eigenvalue weighted by Gasteiger charge is 2.31. The molecular weight excluding hydrogens is 383 g/mol. The Labute approximate surface area is 166 Å². The quantitative estimate of drug-likeness (QED) is 0.665. The molecule has 0 aliphatic carbocycles. The molecule has 3 heterocycles. The van der Waals surface area contributed by atoms with Crippen molar-refractivity contribution in [2.24, 2.45) is 0 Å². The van der Waals surface area contributed by atoms with Crippen LogP contribution in [0.3, 0.4) is 0 Å². The van der Waals surface area contributed by atoms with E-state index in [9.17, 15) is 13.2 Å². The minimum atomic E-state index is -4.37. The number of hydrogen-bond acceptors (Lipinski definition) is 5. The maximum atomic E-state index is 13.3. The summed E-state index contributed by atoms with van der Waals surface area (Å²) in [4.78, 5) is 13.3. The van der Waals surface area contributed by atoms with Gasteiger partial charge in [0.15, 0.2) is 0 Å². The van der Waals surface area contributed by atoms with E-state index in [4.69, 9.17) is 4.74 Å². The molecule has 1 fully saturated rings. The SMILES string of the molecule is COc1nc(C)nc2c3cc(CN4CCN(C)CC4)ccc3n(CC(F)(F)F)c12. The van der Waals surface area contributed by atoms with E-state index in [0.717, 1.165) is 38.3 Å². The highest BCUT2D eigenvalue weighted by Crippen LogP contribution is 2.35. The fourth-order valence-electron chi connectivity index (χ4n) is 3.95. The number of ether oxygens (including phenoxy) is 1. The molecule has 0 bridgehead atoms. The molecule has 1 aromatic carbocycles. The van der Waals surface area contributed by atoms with Crippen LogP contribution in [0.15, 0.2) is 18.2 Å². The number of nitrogens with zero attached hydrogens (tertiary/aromatic N) is 5. The van der Waals surface area contributed by atoms with Crippen LogP contribution in [0.5, 0.6) is 5.88 Å². The molecule has 3 aromatic rings. The van der Waals surface area contributed by atoms with E-state index >= 15 is 0 Å². The summed E-state index contributed by atoms with van der Waals surface area (Å²) in [6.07, 6.45) is -4.37. The number of methoxy groups -OCH3 is 1. The van der Waals surface area contributed by atoms with Crippen LogP contribution in [0, 0.1) is 6.92 Å². The van der Waals surface area contributed by atoms with Gasteiger partial charge in [-0.2, -0.15) is 18.2 Å². The van der Waals surface area contributed by atoms with Gasteiger partial charge < -0.3 is 14.2 Å². The number of benzene rings is 1. The van der Waals surface area contributed by atoms with Gasteiger partial charge in [-0.15, -0.1) is 0 Å². The van der Waals surface area contributed by atoms with Crippen LogP contribution in [0.25, 0.3) is 21.9 Å². The molecule has 1 aliphatic heterocycles. The molecule has 0 radical (unpaired) electrons. The van der Waals surface area contributed by atoms with E-state index < -0.39 is 12.7 Å². The van der Waals surface area contributed by atoms with Crippen molar-refractivity contribution in [3.63, 3.8) is 0 Å². The van der Waals surface area contributed by atoms with Crippen molar-refractivity contribution < 1.29 is 17.9 Å². The van der Waals surface area contributed by atoms with Gasteiger partial charge in [-0.05, 0) is 31.7 Å². The number of fused-ring (bicyclic) bond motifs is 3. The first kappa shape index (κ1) is 19.9. The van der Waals surface area contributed by atoms with E-state index in [1.807, 2.05) is 12.1 Å². The Morgan fingerprint density at radius 1 is 1.10 bits per heavy atom. The maximum Gasteiger partial charge on any atom is 0.406 e. The second-order valence-corrected chi connectivity index (χ2v) is 7.61. The van der Waals surface area contributed by atoms with Crippen LogP contribution >= 0.6 is 0 Å². The van der Waals surface area contributed by atoms with Gasteiger partial charge >= 0.3 is 6.18 Å². The van der Waals surface area contributed by atoms with Crippen molar-refractivity contribution in [1.29, 1.82) is 0 Å². The molecule has 6 nitrogen and oxygen atoms in total. The minimum absolute atomic E-state index is 0.161. The summed E-state index contributed by atoms with van der Waals surface area (Å²) in [7, 11) is 3.52. The zero-order valence-electron chi connectivity index (χ0n) is 16.8. The molecule has 2 aromatic heterocycles. The lowest BCUT2D eigenvalue weighted by Gasteiger charge is -2.32. The summed E-state index contributed by atoms with van der Waals surface area (Å²) >= 11 is 0. The van der Waals surface area contributed by atoms with Gasteiger partial charge in [0, 0.05) is 38.1 Å². The summed E-state index contributed by atoms with van der Waals surface area (Å²) in [5.74, 6) is 0.624. The zero-order valence-corrected chi connectivity index (χ0v) is 16.8. The number of likely N-dealkylation sites (N-methyl/N-ethyl adjacent to an activating group) is 1. The Hall–Kier alpha value is -2.39. The lowest BCUT2D eigenvalue weighted by molar-refractivity contribution is -0.139. The molecular formula is C20H24F3N5O. The number of halogens is 3. The van der Waals surface area contributed by atoms with Gasteiger partial charge in [0.05, 0.1) is 12.6 Å². The Morgan fingerprint density at radius 2 is 1.83 bits per heavy atom. The third-order valence-electron chi connectivity index (χ3n) is 5.37. The first-order valence-corrected chi connectivity index (χ1v) is 9.56. The number of aryl methyl sites for hydroxylation is 1. The Bertz CT molecular complexity index is 1040. The van der Waals surface area contributed by atoms with E-state index in [1.165, 1.54) is 11.7 Å². The lowest BCUT2D eigenvalue weighted by Crippen LogP contribution is -2.43. The smallest absolute Gasteiger partial charge is 0.406 e. The van der Waals surface area contributed by atoms with Crippen LogP contribution < -0.4 is 4.74 Å². The van der Waals surface area contributed by atoms with Crippen molar-refractivity contribution in [2.45, 2.75) is 26.2 Å². The molecule has 1 saturated heterocycles. The Morgan fingerprint density at radius 3 is 2.48 bits per heavy atom. The molecule has 4 rings (SSSR count). The van der Waals surface area contributed by atoms with Gasteiger partial charge in [0.25, 0.3) is 0 Å². The van der Waals surface area contributed by atoms with Gasteiger partial charge in [-0.25, -0.2) is 4.98 Å². The second kappa shape index (κ2) is 7.46. The zero-order chi connectivity index (χ0) is 20.8. The first-order chi connectivity index (χ1) is 13.7. The minimum Gasteiger partial charge on any atom is -0.479 e. The Balaban J connectivity index is 1.83. The number of piperazine rings is 1. The molecule has 0 saturated carbocycles. The molecule has 29 heavy (non-hydrogen) atoms. The van der Waals surface area contributed by atoms with Crippen molar-refractivity contribution in [3.05, 3.63) is 29.6 Å². The van der Waals surface area contributed by atoms with E-state index in [1.54, 1.807) is 13.0 Å². The van der Waals surface area contributed by atoms with E-state index in [-0.39, 0.29) is 11.4 Å². The standard InChI is InChI=1S/C20H24F3N5O/c1-13-24-17-15-10-14(11-27-8-6-26(2)7-9-27)4-5-16(15)28(12-20(21,22)23)18(17)19(25-13)29-3/h4-5,10H,6-9,11-12H2,1-3H3. The molecule has 0 atom stereocenters. The van der Waals surface area contributed by atoms with E-state index in [0.29, 0.717) is 22.2 Å². The second-order valence-electron chi connectivity index (χ2n) is 7.61. The predicted octanol–water partition coefficient (Wildman–Crippen LogP) is 3.21. The molecule has 0 amide bonds. The molecule has 0 unspecified atom stereocenters. The third-order valence-corrected chi connectivity index (χ3v) is 5.37. The lowest BCUT2D eigenvalue weighted by atomic mass is 10.1. The summed E-state index contributed by atoms with van der Waals surface area (Å²) in [6, 6.07) is 5.61. The van der Waals surface area contributed by atoms with Crippen LogP contribution in [0.1, 0.15) is 11.4 Å². The molecule has 9 heteroatoms. The fraction of sp³-hybridized carbons (Fsp3) is 0.500. The van der Waals surface area contributed by atoms with Gasteiger partial charge in [-0.1, -0.05) is 6.07 Å². The van der Waals surface area contributed by atoms with Crippen molar-refractivity contribution in [2.75, 3.05) is 40.3 Å². The van der Waals surface area contributed by atoms with Crippen molar-refractivity contribution >= 4 is 21.9 Å². The average Bonchev–Trinajstić information content (AvgIpc) is 2.94. The van der Waals surface area contributed by atoms with Crippen molar-refractivity contribution in [3.8, 4) is 5.88 Å². The topological polar surface area (TPSA) is 46.4 Å². The van der Waals surface area contributed by atoms with Gasteiger partial charge in [0.2, 0.25) is 5.88 Å². The number of alkyl halides is 3. The number of aromatic nitrogens is 3. The monoisotopic (exact) mass is 407 g/mol. The molecule has 1 aliphatic rings. The Kier molecular flexibility index (Phi) is 5.12. The molecule has 156 valence electrons. The third kappa shape index (κ3) is 4.02. The van der Waals surface area contributed by atoms with Crippen molar-refractivity contribution in [1.82, 2.24) is 24.3 Å².